The molecule has 0 radical (unpaired) electrons. The highest BCUT2D eigenvalue weighted by molar-refractivity contribution is 5.40. The first-order chi connectivity index (χ1) is 8.42. The average Bonchev–Trinajstić information content (AvgIpc) is 2.76. The summed E-state index contributed by atoms with van der Waals surface area (Å²) in [5, 5.41) is 3.73. The molecule has 0 aliphatic heterocycles. The van der Waals surface area contributed by atoms with Crippen molar-refractivity contribution in [2.45, 2.75) is 53.0 Å². The highest BCUT2D eigenvalue weighted by Gasteiger charge is 2.59. The number of nitrogens with one attached hydrogen (secondary N) is 1. The molecular weight excluding hydrogens is 220 g/mol. The van der Waals surface area contributed by atoms with Crippen LogP contribution in [0.15, 0.2) is 18.3 Å². The van der Waals surface area contributed by atoms with Crippen LogP contribution in [-0.4, -0.2) is 11.0 Å². The molecule has 18 heavy (non-hydrogen) atoms. The monoisotopic (exact) mass is 244 g/mol. The number of anilines is 1. The van der Waals surface area contributed by atoms with Gasteiger partial charge in [0, 0.05) is 12.2 Å². The van der Waals surface area contributed by atoms with Gasteiger partial charge in [0.25, 0.3) is 0 Å². The summed E-state index contributed by atoms with van der Waals surface area (Å²) in [7, 11) is 0. The molecule has 0 saturated heterocycles. The lowest BCUT2D eigenvalue weighted by Gasteiger charge is -2.43. The molecular formula is C16H24N2. The third-order valence-electron chi connectivity index (χ3n) is 5.48. The summed E-state index contributed by atoms with van der Waals surface area (Å²) >= 11 is 0. The number of pyridine rings is 1. The van der Waals surface area contributed by atoms with Crippen molar-refractivity contribution in [1.82, 2.24) is 4.98 Å². The molecule has 1 heterocycles. The zero-order valence-electron chi connectivity index (χ0n) is 12.0. The van der Waals surface area contributed by atoms with E-state index < -0.39 is 0 Å². The maximum atomic E-state index is 4.47. The van der Waals surface area contributed by atoms with E-state index in [0.717, 1.165) is 11.7 Å². The average molecular weight is 244 g/mol. The van der Waals surface area contributed by atoms with Crippen molar-refractivity contribution in [3.05, 3.63) is 23.9 Å². The summed E-state index contributed by atoms with van der Waals surface area (Å²) in [6, 6.07) is 4.77. The Morgan fingerprint density at radius 2 is 2.11 bits per heavy atom. The van der Waals surface area contributed by atoms with Crippen LogP contribution in [0.2, 0.25) is 0 Å². The molecule has 3 rings (SSSR count). The first-order valence-electron chi connectivity index (χ1n) is 7.11. The minimum absolute atomic E-state index is 0.387. The number of nitrogens with zero attached hydrogens (tertiary/aromatic N) is 1. The molecule has 2 bridgehead atoms. The predicted molar refractivity (Wildman–Crippen MR) is 75.6 cm³/mol. The Balaban J connectivity index is 1.88. The van der Waals surface area contributed by atoms with Gasteiger partial charge in [0.1, 0.15) is 5.82 Å². The topological polar surface area (TPSA) is 24.9 Å². The number of aromatic nitrogens is 1. The van der Waals surface area contributed by atoms with Crippen LogP contribution in [0.4, 0.5) is 5.82 Å². The second-order valence-corrected chi connectivity index (χ2v) is 7.21. The van der Waals surface area contributed by atoms with E-state index in [1.54, 1.807) is 0 Å². The van der Waals surface area contributed by atoms with Gasteiger partial charge in [-0.15, -0.1) is 0 Å². The largest absolute Gasteiger partial charge is 0.366 e. The summed E-state index contributed by atoms with van der Waals surface area (Å²) in [4.78, 5) is 4.47. The summed E-state index contributed by atoms with van der Waals surface area (Å²) in [6.45, 7) is 9.43. The van der Waals surface area contributed by atoms with Gasteiger partial charge < -0.3 is 5.32 Å². The minimum Gasteiger partial charge on any atom is -0.366 e. The molecule has 1 N–H and O–H groups in total. The molecule has 2 aliphatic carbocycles. The fourth-order valence-corrected chi connectivity index (χ4v) is 4.43. The first-order valence-corrected chi connectivity index (χ1v) is 7.11. The summed E-state index contributed by atoms with van der Waals surface area (Å²) in [5.41, 5.74) is 2.12. The van der Waals surface area contributed by atoms with Crippen LogP contribution < -0.4 is 5.32 Å². The van der Waals surface area contributed by atoms with Crippen molar-refractivity contribution in [3.8, 4) is 0 Å². The van der Waals surface area contributed by atoms with E-state index in [9.17, 15) is 0 Å². The molecule has 3 atom stereocenters. The van der Waals surface area contributed by atoms with E-state index in [-0.39, 0.29) is 0 Å². The summed E-state index contributed by atoms with van der Waals surface area (Å²) in [5.74, 6) is 1.92. The van der Waals surface area contributed by atoms with Crippen LogP contribution in [0.5, 0.6) is 0 Å². The van der Waals surface area contributed by atoms with Gasteiger partial charge in [-0.05, 0) is 60.6 Å². The smallest absolute Gasteiger partial charge is 0.126 e. The van der Waals surface area contributed by atoms with E-state index in [1.807, 2.05) is 6.20 Å². The van der Waals surface area contributed by atoms with Gasteiger partial charge in [0.05, 0.1) is 0 Å². The lowest BCUT2D eigenvalue weighted by molar-refractivity contribution is 0.155. The van der Waals surface area contributed by atoms with Gasteiger partial charge in [-0.1, -0.05) is 20.8 Å². The van der Waals surface area contributed by atoms with Crippen molar-refractivity contribution < 1.29 is 0 Å². The van der Waals surface area contributed by atoms with Crippen molar-refractivity contribution >= 4 is 5.82 Å². The molecule has 98 valence electrons. The molecule has 2 aliphatic rings. The molecule has 1 aromatic rings. The minimum atomic E-state index is 0.387. The zero-order valence-corrected chi connectivity index (χ0v) is 12.0. The second-order valence-electron chi connectivity index (χ2n) is 7.21. The van der Waals surface area contributed by atoms with Crippen LogP contribution in [0.25, 0.3) is 0 Å². The SMILES string of the molecule is Cc1ccnc(NC2C3(C)CCC(C3)C2(C)C)c1. The van der Waals surface area contributed by atoms with Gasteiger partial charge >= 0.3 is 0 Å². The summed E-state index contributed by atoms with van der Waals surface area (Å²) in [6.07, 6.45) is 6.05. The Morgan fingerprint density at radius 3 is 2.72 bits per heavy atom. The number of hydrogen-bond acceptors (Lipinski definition) is 2. The Bertz CT molecular complexity index is 461. The maximum Gasteiger partial charge on any atom is 0.126 e. The van der Waals surface area contributed by atoms with Crippen LogP contribution in [-0.2, 0) is 0 Å². The first kappa shape index (κ1) is 12.0. The van der Waals surface area contributed by atoms with E-state index in [4.69, 9.17) is 0 Å². The fourth-order valence-electron chi connectivity index (χ4n) is 4.43. The van der Waals surface area contributed by atoms with E-state index in [1.165, 1.54) is 24.8 Å². The highest BCUT2D eigenvalue weighted by atomic mass is 15.1. The van der Waals surface area contributed by atoms with Gasteiger partial charge in [-0.2, -0.15) is 0 Å². The molecule has 2 nitrogen and oxygen atoms in total. The Kier molecular flexibility index (Phi) is 2.48. The molecule has 3 unspecified atom stereocenters. The van der Waals surface area contributed by atoms with Crippen molar-refractivity contribution in [1.29, 1.82) is 0 Å². The number of aryl methyl sites for hydroxylation is 1. The van der Waals surface area contributed by atoms with Crippen molar-refractivity contribution in [3.63, 3.8) is 0 Å². The predicted octanol–water partition coefficient (Wildman–Crippen LogP) is 4.02. The Morgan fingerprint density at radius 1 is 1.33 bits per heavy atom. The molecule has 2 fully saturated rings. The van der Waals surface area contributed by atoms with Gasteiger partial charge in [-0.3, -0.25) is 0 Å². The molecule has 2 saturated carbocycles. The second kappa shape index (κ2) is 3.72. The fraction of sp³-hybridized carbons (Fsp3) is 0.688. The highest BCUT2D eigenvalue weighted by Crippen LogP contribution is 2.62. The van der Waals surface area contributed by atoms with E-state index in [2.05, 4.69) is 50.1 Å². The lowest BCUT2D eigenvalue weighted by atomic mass is 9.68. The number of rotatable bonds is 2. The molecule has 2 heteroatoms. The Labute approximate surface area is 110 Å². The zero-order chi connectivity index (χ0) is 13.0. The molecule has 1 aromatic heterocycles. The molecule has 0 amide bonds. The normalized spacial score (nSPS) is 36.9. The van der Waals surface area contributed by atoms with Gasteiger partial charge in [0.2, 0.25) is 0 Å². The lowest BCUT2D eigenvalue weighted by Crippen LogP contribution is -2.45. The van der Waals surface area contributed by atoms with Crippen LogP contribution in [0.1, 0.15) is 45.6 Å². The standard InChI is InChI=1S/C16H24N2/c1-11-6-8-17-13(9-11)18-14-15(2,3)12-5-7-16(14,4)10-12/h6,8-9,12,14H,5,7,10H2,1-4H3,(H,17,18). The van der Waals surface area contributed by atoms with Crippen molar-refractivity contribution in [2.75, 3.05) is 5.32 Å². The van der Waals surface area contributed by atoms with Crippen LogP contribution in [0.3, 0.4) is 0 Å². The van der Waals surface area contributed by atoms with Crippen molar-refractivity contribution in [2.24, 2.45) is 16.7 Å². The quantitative estimate of drug-likeness (QED) is 0.850. The third kappa shape index (κ3) is 1.65. The van der Waals surface area contributed by atoms with Crippen LogP contribution >= 0.6 is 0 Å². The Hall–Kier alpha value is -1.05. The van der Waals surface area contributed by atoms with Gasteiger partial charge in [-0.25, -0.2) is 4.98 Å². The third-order valence-corrected chi connectivity index (χ3v) is 5.48. The molecule has 0 aromatic carbocycles. The van der Waals surface area contributed by atoms with E-state index in [0.29, 0.717) is 16.9 Å². The van der Waals surface area contributed by atoms with E-state index >= 15 is 0 Å². The molecule has 0 spiro atoms. The summed E-state index contributed by atoms with van der Waals surface area (Å²) < 4.78 is 0. The number of hydrogen-bond donors (Lipinski definition) is 1. The number of fused-ring (bicyclic) bond motifs is 2. The van der Waals surface area contributed by atoms with Gasteiger partial charge in [0.15, 0.2) is 0 Å². The van der Waals surface area contributed by atoms with Crippen LogP contribution in [0, 0.1) is 23.7 Å². The maximum absolute atomic E-state index is 4.47.